The molecular weight excluding hydrogens is 445 g/mol. The number of urea groups is 1. The van der Waals surface area contributed by atoms with Gasteiger partial charge in [0.25, 0.3) is 5.91 Å². The van der Waals surface area contributed by atoms with E-state index in [0.717, 1.165) is 15.6 Å². The first-order chi connectivity index (χ1) is 12.4. The molecule has 1 saturated heterocycles. The Hall–Kier alpha value is -2.22. The molecule has 1 atom stereocenters. The van der Waals surface area contributed by atoms with Gasteiger partial charge in [-0.3, -0.25) is 19.9 Å². The van der Waals surface area contributed by atoms with Crippen LogP contribution in [0, 0.1) is 5.92 Å². The molecule has 1 fully saturated rings. The van der Waals surface area contributed by atoms with Crippen LogP contribution in [0.2, 0.25) is 10.0 Å². The molecule has 6 nitrogen and oxygen atoms in total. The quantitative estimate of drug-likeness (QED) is 0.552. The van der Waals surface area contributed by atoms with Crippen LogP contribution in [-0.4, -0.2) is 24.1 Å². The van der Waals surface area contributed by atoms with Crippen molar-refractivity contribution in [2.24, 2.45) is 10.9 Å². The Morgan fingerprint density at radius 1 is 1.08 bits per heavy atom. The first-order valence-corrected chi connectivity index (χ1v) is 8.85. The van der Waals surface area contributed by atoms with Crippen LogP contribution in [0.3, 0.4) is 0 Å². The van der Waals surface area contributed by atoms with Crippen molar-refractivity contribution in [3.63, 3.8) is 0 Å². The highest BCUT2D eigenvalue weighted by molar-refractivity contribution is 9.10. The number of nitrogens with zero attached hydrogens (tertiary/aromatic N) is 2. The zero-order valence-electron chi connectivity index (χ0n) is 12.9. The van der Waals surface area contributed by atoms with Gasteiger partial charge in [0.1, 0.15) is 0 Å². The number of carbonyl (C=O) groups is 3. The van der Waals surface area contributed by atoms with Crippen LogP contribution in [0.4, 0.5) is 16.2 Å². The fraction of sp³-hybridized carbons (Fsp3) is 0.0588. The molecule has 1 N–H and O–H groups in total. The highest BCUT2D eigenvalue weighted by Crippen LogP contribution is 2.28. The van der Waals surface area contributed by atoms with E-state index in [0.29, 0.717) is 16.4 Å². The number of hydrogen-bond acceptors (Lipinski definition) is 4. The predicted octanol–water partition coefficient (Wildman–Crippen LogP) is 4.36. The van der Waals surface area contributed by atoms with Crippen molar-refractivity contribution >= 4 is 74.6 Å². The zero-order valence-corrected chi connectivity index (χ0v) is 16.0. The van der Waals surface area contributed by atoms with Gasteiger partial charge in [-0.1, -0.05) is 39.1 Å². The maximum Gasteiger partial charge on any atom is 0.335 e. The van der Waals surface area contributed by atoms with Gasteiger partial charge in [-0.05, 0) is 42.5 Å². The van der Waals surface area contributed by atoms with Crippen LogP contribution in [0.15, 0.2) is 51.9 Å². The second kappa shape index (κ2) is 7.57. The van der Waals surface area contributed by atoms with Gasteiger partial charge < -0.3 is 0 Å². The van der Waals surface area contributed by atoms with Gasteiger partial charge in [0, 0.05) is 15.7 Å². The zero-order chi connectivity index (χ0) is 18.8. The Morgan fingerprint density at radius 3 is 2.42 bits per heavy atom. The predicted molar refractivity (Wildman–Crippen MR) is 103 cm³/mol. The number of hydrogen-bond donors (Lipinski definition) is 1. The minimum absolute atomic E-state index is 0.276. The van der Waals surface area contributed by atoms with Crippen LogP contribution in [0.5, 0.6) is 0 Å². The SMILES string of the molecule is O=C1NC(=O)N(c2ccc(Br)cc2)C(=O)[C@H]1C=Nc1ccc(Cl)cc1Cl. The highest BCUT2D eigenvalue weighted by atomic mass is 79.9. The number of benzene rings is 2. The van der Waals surface area contributed by atoms with E-state index in [1.165, 1.54) is 6.07 Å². The molecule has 1 aliphatic rings. The van der Waals surface area contributed by atoms with E-state index in [9.17, 15) is 14.4 Å². The summed E-state index contributed by atoms with van der Waals surface area (Å²) < 4.78 is 0.790. The Kier molecular flexibility index (Phi) is 5.41. The first kappa shape index (κ1) is 18.6. The summed E-state index contributed by atoms with van der Waals surface area (Å²) in [5.74, 6) is -2.71. The largest absolute Gasteiger partial charge is 0.335 e. The highest BCUT2D eigenvalue weighted by Gasteiger charge is 2.40. The second-order valence-corrected chi connectivity index (χ2v) is 7.06. The van der Waals surface area contributed by atoms with Crippen LogP contribution < -0.4 is 10.2 Å². The molecule has 132 valence electrons. The average Bonchev–Trinajstić information content (AvgIpc) is 2.57. The molecule has 2 aromatic rings. The topological polar surface area (TPSA) is 78.8 Å². The summed E-state index contributed by atoms with van der Waals surface area (Å²) in [6.07, 6.45) is 1.16. The minimum atomic E-state index is -1.26. The monoisotopic (exact) mass is 453 g/mol. The third-order valence-corrected chi connectivity index (χ3v) is 4.63. The van der Waals surface area contributed by atoms with Crippen molar-refractivity contribution < 1.29 is 14.4 Å². The van der Waals surface area contributed by atoms with Gasteiger partial charge in [0.05, 0.1) is 16.4 Å². The second-order valence-electron chi connectivity index (χ2n) is 5.30. The summed E-state index contributed by atoms with van der Waals surface area (Å²) in [6, 6.07) is 10.4. The molecule has 0 saturated carbocycles. The fourth-order valence-corrected chi connectivity index (χ4v) is 3.02. The van der Waals surface area contributed by atoms with Crippen molar-refractivity contribution in [1.82, 2.24) is 5.32 Å². The number of carbonyl (C=O) groups excluding carboxylic acids is 3. The molecule has 1 aliphatic heterocycles. The smallest absolute Gasteiger partial charge is 0.276 e. The van der Waals surface area contributed by atoms with E-state index in [4.69, 9.17) is 23.2 Å². The molecule has 0 spiro atoms. The van der Waals surface area contributed by atoms with Crippen molar-refractivity contribution in [2.45, 2.75) is 0 Å². The van der Waals surface area contributed by atoms with Gasteiger partial charge >= 0.3 is 6.03 Å². The van der Waals surface area contributed by atoms with Gasteiger partial charge in [-0.15, -0.1) is 0 Å². The van der Waals surface area contributed by atoms with Crippen molar-refractivity contribution in [1.29, 1.82) is 0 Å². The van der Waals surface area contributed by atoms with E-state index in [-0.39, 0.29) is 5.02 Å². The molecule has 0 bridgehead atoms. The van der Waals surface area contributed by atoms with E-state index < -0.39 is 23.8 Å². The lowest BCUT2D eigenvalue weighted by Crippen LogP contribution is -2.58. The van der Waals surface area contributed by atoms with Crippen molar-refractivity contribution in [2.75, 3.05) is 4.90 Å². The summed E-state index contributed by atoms with van der Waals surface area (Å²) in [4.78, 5) is 41.8. The van der Waals surface area contributed by atoms with Crippen LogP contribution in [0.25, 0.3) is 0 Å². The number of nitrogens with one attached hydrogen (secondary N) is 1. The van der Waals surface area contributed by atoms with Crippen LogP contribution in [0.1, 0.15) is 0 Å². The van der Waals surface area contributed by atoms with E-state index in [1.807, 2.05) is 0 Å². The molecule has 26 heavy (non-hydrogen) atoms. The lowest BCUT2D eigenvalue weighted by atomic mass is 10.1. The van der Waals surface area contributed by atoms with Crippen molar-refractivity contribution in [3.8, 4) is 0 Å². The molecule has 0 radical (unpaired) electrons. The third-order valence-electron chi connectivity index (χ3n) is 3.56. The molecule has 0 aliphatic carbocycles. The normalized spacial score (nSPS) is 17.7. The average molecular weight is 455 g/mol. The fourth-order valence-electron chi connectivity index (χ4n) is 2.30. The Bertz CT molecular complexity index is 931. The molecule has 0 unspecified atom stereocenters. The molecule has 3 rings (SSSR count). The Balaban J connectivity index is 1.90. The van der Waals surface area contributed by atoms with E-state index in [1.54, 1.807) is 36.4 Å². The van der Waals surface area contributed by atoms with E-state index in [2.05, 4.69) is 26.2 Å². The van der Waals surface area contributed by atoms with Gasteiger partial charge in [-0.2, -0.15) is 0 Å². The summed E-state index contributed by atoms with van der Waals surface area (Å²) >= 11 is 15.1. The molecule has 2 aromatic carbocycles. The third kappa shape index (κ3) is 3.80. The number of rotatable bonds is 3. The Morgan fingerprint density at radius 2 is 1.77 bits per heavy atom. The number of imide groups is 2. The van der Waals surface area contributed by atoms with Crippen molar-refractivity contribution in [3.05, 3.63) is 57.0 Å². The van der Waals surface area contributed by atoms with Gasteiger partial charge in [0.2, 0.25) is 5.91 Å². The number of aliphatic imine (C=N–C) groups is 1. The summed E-state index contributed by atoms with van der Waals surface area (Å²) in [5, 5.41) is 2.87. The molecule has 0 aromatic heterocycles. The van der Waals surface area contributed by atoms with Crippen LogP contribution >= 0.6 is 39.1 Å². The maximum absolute atomic E-state index is 12.7. The summed E-state index contributed by atoms with van der Waals surface area (Å²) in [5.41, 5.74) is 0.690. The Labute approximate surface area is 166 Å². The minimum Gasteiger partial charge on any atom is -0.276 e. The number of amides is 4. The summed E-state index contributed by atoms with van der Waals surface area (Å²) in [7, 11) is 0. The lowest BCUT2D eigenvalue weighted by Gasteiger charge is -2.28. The van der Waals surface area contributed by atoms with E-state index >= 15 is 0 Å². The molecular formula is C17H10BrCl2N3O3. The van der Waals surface area contributed by atoms with Gasteiger partial charge in [0.15, 0.2) is 5.92 Å². The number of halogens is 3. The summed E-state index contributed by atoms with van der Waals surface area (Å²) in [6.45, 7) is 0. The number of barbiturate groups is 1. The molecule has 4 amide bonds. The first-order valence-electron chi connectivity index (χ1n) is 7.30. The molecule has 9 heteroatoms. The molecule has 1 heterocycles. The maximum atomic E-state index is 12.7. The van der Waals surface area contributed by atoms with Crippen LogP contribution in [-0.2, 0) is 9.59 Å². The number of anilines is 1. The van der Waals surface area contributed by atoms with Gasteiger partial charge in [-0.25, -0.2) is 9.69 Å². The standard InChI is InChI=1S/C17H10BrCl2N3O3/c18-9-1-4-11(5-2-9)23-16(25)12(15(24)22-17(23)26)8-21-14-6-3-10(19)7-13(14)20/h1-8,12H,(H,22,24,26)/t12-/m0/s1. The lowest BCUT2D eigenvalue weighted by molar-refractivity contribution is -0.131.